The van der Waals surface area contributed by atoms with Gasteiger partial charge in [0.15, 0.2) is 0 Å². The monoisotopic (exact) mass is 424 g/mol. The van der Waals surface area contributed by atoms with Gasteiger partial charge in [-0.25, -0.2) is 17.8 Å². The maximum Gasteiger partial charge on any atom is 0.264 e. The minimum Gasteiger partial charge on any atom is -0.246 e. The first-order chi connectivity index (χ1) is 12.9. The first-order valence-electron chi connectivity index (χ1n) is 8.33. The third-order valence-electron chi connectivity index (χ3n) is 3.92. The molecule has 2 aromatic carbocycles. The van der Waals surface area contributed by atoms with E-state index in [1.54, 1.807) is 30.3 Å². The molecule has 9 heteroatoms. The molecule has 0 amide bonds. The maximum atomic E-state index is 12.5. The van der Waals surface area contributed by atoms with E-state index < -0.39 is 10.0 Å². The lowest BCUT2D eigenvalue weighted by molar-refractivity contribution is 0.600. The lowest BCUT2D eigenvalue weighted by Gasteiger charge is -2.07. The Labute approximate surface area is 168 Å². The molecule has 3 rings (SSSR count). The van der Waals surface area contributed by atoms with Crippen LogP contribution in [0.4, 0.5) is 5.95 Å². The molecule has 0 unspecified atom stereocenters. The van der Waals surface area contributed by atoms with Gasteiger partial charge in [-0.3, -0.25) is 0 Å². The van der Waals surface area contributed by atoms with Crippen molar-refractivity contribution in [3.05, 3.63) is 70.0 Å². The summed E-state index contributed by atoms with van der Waals surface area (Å²) in [6.07, 6.45) is 3.33. The molecule has 0 aliphatic rings. The lowest BCUT2D eigenvalue weighted by atomic mass is 10.1. The molecule has 1 heterocycles. The largest absolute Gasteiger partial charge is 0.264 e. The molecule has 142 valence electrons. The molecule has 6 nitrogen and oxygen atoms in total. The summed E-state index contributed by atoms with van der Waals surface area (Å²) in [5, 5.41) is 5.16. The standard InChI is InChI=1S/C18H18Cl2N4O2S/c1-2-4-13-7-9-14(10-8-13)27(25,26)23-18-21-12-24(22-18)11-15-16(19)5-3-6-17(15)20/h3,5-10,12H,2,4,11H2,1H3,(H,22,23). The average Bonchev–Trinajstić information content (AvgIpc) is 3.05. The first-order valence-corrected chi connectivity index (χ1v) is 10.6. The number of halogens is 2. The molecule has 0 radical (unpaired) electrons. The van der Waals surface area contributed by atoms with E-state index in [-0.39, 0.29) is 17.4 Å². The Morgan fingerprint density at radius 2 is 1.74 bits per heavy atom. The molecule has 27 heavy (non-hydrogen) atoms. The summed E-state index contributed by atoms with van der Waals surface area (Å²) in [7, 11) is -3.76. The van der Waals surface area contributed by atoms with Gasteiger partial charge in [-0.05, 0) is 36.2 Å². The normalized spacial score (nSPS) is 11.5. The number of nitrogens with one attached hydrogen (secondary N) is 1. The van der Waals surface area contributed by atoms with Gasteiger partial charge in [0.1, 0.15) is 6.33 Å². The third-order valence-corrected chi connectivity index (χ3v) is 5.97. The van der Waals surface area contributed by atoms with Crippen molar-refractivity contribution in [2.45, 2.75) is 31.2 Å². The third kappa shape index (κ3) is 4.80. The van der Waals surface area contributed by atoms with Crippen LogP contribution < -0.4 is 4.72 Å². The van der Waals surface area contributed by atoms with Gasteiger partial charge < -0.3 is 0 Å². The molecule has 0 fully saturated rings. The molecule has 1 N–H and O–H groups in total. The van der Waals surface area contributed by atoms with Gasteiger partial charge in [-0.1, -0.05) is 54.7 Å². The fourth-order valence-corrected chi connectivity index (χ4v) is 4.03. The minimum absolute atomic E-state index is 0.0178. The van der Waals surface area contributed by atoms with E-state index in [1.807, 2.05) is 12.1 Å². The Morgan fingerprint density at radius 3 is 2.37 bits per heavy atom. The molecule has 0 aliphatic heterocycles. The highest BCUT2D eigenvalue weighted by atomic mass is 35.5. The first kappa shape index (κ1) is 19.7. The van der Waals surface area contributed by atoms with Crippen LogP contribution in [0, 0.1) is 0 Å². The topological polar surface area (TPSA) is 76.9 Å². The second kappa shape index (κ2) is 8.29. The van der Waals surface area contributed by atoms with Crippen LogP contribution in [0.3, 0.4) is 0 Å². The van der Waals surface area contributed by atoms with Crippen molar-refractivity contribution in [1.82, 2.24) is 14.8 Å². The van der Waals surface area contributed by atoms with Crippen molar-refractivity contribution < 1.29 is 8.42 Å². The van der Waals surface area contributed by atoms with Gasteiger partial charge in [0.05, 0.1) is 11.4 Å². The van der Waals surface area contributed by atoms with E-state index in [0.717, 1.165) is 18.4 Å². The number of aryl methyl sites for hydroxylation is 1. The van der Waals surface area contributed by atoms with Crippen molar-refractivity contribution in [3.8, 4) is 0 Å². The maximum absolute atomic E-state index is 12.5. The highest BCUT2D eigenvalue weighted by molar-refractivity contribution is 7.92. The Bertz CT molecular complexity index is 1010. The van der Waals surface area contributed by atoms with Crippen LogP contribution in [0.15, 0.2) is 53.7 Å². The Morgan fingerprint density at radius 1 is 1.07 bits per heavy atom. The number of benzene rings is 2. The van der Waals surface area contributed by atoms with Gasteiger partial charge >= 0.3 is 0 Å². The van der Waals surface area contributed by atoms with E-state index in [0.29, 0.717) is 15.6 Å². The average molecular weight is 425 g/mol. The molecule has 0 atom stereocenters. The second-order valence-corrected chi connectivity index (χ2v) is 8.46. The Kier molecular flexibility index (Phi) is 6.04. The number of aromatic nitrogens is 3. The molecular weight excluding hydrogens is 407 g/mol. The second-order valence-electron chi connectivity index (χ2n) is 5.97. The van der Waals surface area contributed by atoms with Crippen molar-refractivity contribution >= 4 is 39.2 Å². The van der Waals surface area contributed by atoms with Gasteiger partial charge in [0, 0.05) is 15.6 Å². The number of hydrogen-bond acceptors (Lipinski definition) is 4. The van der Waals surface area contributed by atoms with Gasteiger partial charge in [0.2, 0.25) is 0 Å². The molecule has 0 saturated heterocycles. The zero-order valence-corrected chi connectivity index (χ0v) is 16.9. The summed E-state index contributed by atoms with van der Waals surface area (Å²) in [6.45, 7) is 2.35. The van der Waals surface area contributed by atoms with Crippen molar-refractivity contribution in [1.29, 1.82) is 0 Å². The van der Waals surface area contributed by atoms with Crippen molar-refractivity contribution in [3.63, 3.8) is 0 Å². The summed E-state index contributed by atoms with van der Waals surface area (Å²) >= 11 is 12.3. The SMILES string of the molecule is CCCc1ccc(S(=O)(=O)Nc2ncn(Cc3c(Cl)cccc3Cl)n2)cc1. The van der Waals surface area contributed by atoms with Crippen molar-refractivity contribution in [2.24, 2.45) is 0 Å². The molecule has 0 saturated carbocycles. The lowest BCUT2D eigenvalue weighted by Crippen LogP contribution is -2.14. The van der Waals surface area contributed by atoms with Crippen molar-refractivity contribution in [2.75, 3.05) is 4.72 Å². The summed E-state index contributed by atoms with van der Waals surface area (Å²) in [4.78, 5) is 4.16. The molecular formula is C18H18Cl2N4O2S. The number of sulfonamides is 1. The van der Waals surface area contributed by atoms with E-state index in [9.17, 15) is 8.42 Å². The van der Waals surface area contributed by atoms with E-state index in [4.69, 9.17) is 23.2 Å². The summed E-state index contributed by atoms with van der Waals surface area (Å²) < 4.78 is 28.9. The molecule has 0 spiro atoms. The minimum atomic E-state index is -3.76. The number of anilines is 1. The van der Waals surface area contributed by atoms with Crippen LogP contribution in [-0.4, -0.2) is 23.2 Å². The quantitative estimate of drug-likeness (QED) is 0.609. The van der Waals surface area contributed by atoms with E-state index in [1.165, 1.54) is 11.0 Å². The van der Waals surface area contributed by atoms with Crippen LogP contribution in [0.1, 0.15) is 24.5 Å². The van der Waals surface area contributed by atoms with Crippen LogP contribution in [0.2, 0.25) is 10.0 Å². The van der Waals surface area contributed by atoms with Gasteiger partial charge in [-0.15, -0.1) is 5.10 Å². The predicted octanol–water partition coefficient (Wildman–Crippen LogP) is 4.39. The predicted molar refractivity (Wildman–Crippen MR) is 107 cm³/mol. The molecule has 1 aromatic heterocycles. The Hall–Kier alpha value is -2.09. The fourth-order valence-electron chi connectivity index (χ4n) is 2.57. The fraction of sp³-hybridized carbons (Fsp3) is 0.222. The van der Waals surface area contributed by atoms with E-state index in [2.05, 4.69) is 21.7 Å². The summed E-state index contributed by atoms with van der Waals surface area (Å²) in [5.41, 5.74) is 1.78. The molecule has 0 bridgehead atoms. The molecule has 0 aliphatic carbocycles. The Balaban J connectivity index is 1.74. The van der Waals surface area contributed by atoms with Gasteiger partial charge in [-0.2, -0.15) is 4.98 Å². The number of nitrogens with zero attached hydrogens (tertiary/aromatic N) is 3. The van der Waals surface area contributed by atoms with E-state index >= 15 is 0 Å². The summed E-state index contributed by atoms with van der Waals surface area (Å²) in [6, 6.07) is 12.0. The zero-order chi connectivity index (χ0) is 19.4. The van der Waals surface area contributed by atoms with Crippen LogP contribution in [-0.2, 0) is 23.0 Å². The van der Waals surface area contributed by atoms with Gasteiger partial charge in [0.25, 0.3) is 16.0 Å². The van der Waals surface area contributed by atoms with Crippen LogP contribution in [0.5, 0.6) is 0 Å². The molecule has 3 aromatic rings. The highest BCUT2D eigenvalue weighted by Gasteiger charge is 2.17. The smallest absolute Gasteiger partial charge is 0.246 e. The number of hydrogen-bond donors (Lipinski definition) is 1. The number of rotatable bonds is 7. The van der Waals surface area contributed by atoms with Crippen LogP contribution in [0.25, 0.3) is 0 Å². The zero-order valence-electron chi connectivity index (χ0n) is 14.6. The van der Waals surface area contributed by atoms with Crippen LogP contribution >= 0.6 is 23.2 Å². The highest BCUT2D eigenvalue weighted by Crippen LogP contribution is 2.25. The summed E-state index contributed by atoms with van der Waals surface area (Å²) in [5.74, 6) is -0.0178.